The molecule has 1 aliphatic carbocycles. The molecule has 2 heterocycles. The van der Waals surface area contributed by atoms with E-state index in [4.69, 9.17) is 0 Å². The highest BCUT2D eigenvalue weighted by Gasteiger charge is 2.36. The number of urea groups is 1. The molecule has 3 fully saturated rings. The van der Waals surface area contributed by atoms with Crippen LogP contribution >= 0.6 is 0 Å². The summed E-state index contributed by atoms with van der Waals surface area (Å²) in [6, 6.07) is -0.0806. The molecule has 6 nitrogen and oxygen atoms in total. The molecule has 3 amide bonds. The highest BCUT2D eigenvalue weighted by molar-refractivity contribution is 5.95. The summed E-state index contributed by atoms with van der Waals surface area (Å²) in [7, 11) is 0. The fourth-order valence-electron chi connectivity index (χ4n) is 3.74. The molecular formula is C14H24N4O2. The number of carbonyl (C=O) groups excluding carboxylic acids is 2. The zero-order valence-electron chi connectivity index (χ0n) is 11.9. The van der Waals surface area contributed by atoms with Crippen LogP contribution in [0.3, 0.4) is 0 Å². The van der Waals surface area contributed by atoms with Crippen LogP contribution in [0.2, 0.25) is 0 Å². The molecule has 2 atom stereocenters. The third kappa shape index (κ3) is 3.30. The van der Waals surface area contributed by atoms with Gasteiger partial charge in [-0.05, 0) is 37.8 Å². The van der Waals surface area contributed by atoms with Crippen LogP contribution in [-0.4, -0.2) is 55.6 Å². The summed E-state index contributed by atoms with van der Waals surface area (Å²) in [4.78, 5) is 25.7. The van der Waals surface area contributed by atoms with Crippen molar-refractivity contribution >= 4 is 11.9 Å². The van der Waals surface area contributed by atoms with E-state index in [0.717, 1.165) is 39.0 Å². The molecule has 3 N–H and O–H groups in total. The summed E-state index contributed by atoms with van der Waals surface area (Å²) in [6.45, 7) is 4.39. The first-order chi connectivity index (χ1) is 9.70. The Morgan fingerprint density at radius 1 is 1.10 bits per heavy atom. The summed E-state index contributed by atoms with van der Waals surface area (Å²) in [6.07, 6.45) is 4.40. The minimum atomic E-state index is -0.331. The number of hydrogen-bond acceptors (Lipinski definition) is 4. The number of likely N-dealkylation sites (tertiary alicyclic amines) is 1. The van der Waals surface area contributed by atoms with Crippen LogP contribution in [0.1, 0.15) is 25.7 Å². The molecule has 3 rings (SSSR count). The van der Waals surface area contributed by atoms with Gasteiger partial charge in [0, 0.05) is 19.1 Å². The first-order valence-electron chi connectivity index (χ1n) is 7.74. The monoisotopic (exact) mass is 280 g/mol. The highest BCUT2D eigenvalue weighted by Crippen LogP contribution is 2.25. The third-order valence-electron chi connectivity index (χ3n) is 4.78. The maximum absolute atomic E-state index is 11.9. The van der Waals surface area contributed by atoms with Crippen molar-refractivity contribution in [2.45, 2.75) is 31.7 Å². The molecule has 112 valence electrons. The minimum absolute atomic E-state index is 0.187. The van der Waals surface area contributed by atoms with E-state index in [-0.39, 0.29) is 18.0 Å². The van der Waals surface area contributed by atoms with Gasteiger partial charge in [-0.2, -0.15) is 0 Å². The number of imide groups is 1. The van der Waals surface area contributed by atoms with E-state index in [1.54, 1.807) is 0 Å². The Hall–Kier alpha value is -1.14. The molecule has 0 unspecified atom stereocenters. The normalized spacial score (nSPS) is 30.4. The quantitative estimate of drug-likeness (QED) is 0.675. The molecule has 3 aliphatic rings. The van der Waals surface area contributed by atoms with Gasteiger partial charge >= 0.3 is 6.03 Å². The van der Waals surface area contributed by atoms with E-state index >= 15 is 0 Å². The highest BCUT2D eigenvalue weighted by atomic mass is 16.2. The van der Waals surface area contributed by atoms with Gasteiger partial charge < -0.3 is 10.6 Å². The molecule has 20 heavy (non-hydrogen) atoms. The van der Waals surface area contributed by atoms with Crippen LogP contribution in [0.4, 0.5) is 4.79 Å². The van der Waals surface area contributed by atoms with E-state index < -0.39 is 0 Å². The summed E-state index contributed by atoms with van der Waals surface area (Å²) in [5, 5.41) is 8.71. The zero-order chi connectivity index (χ0) is 13.9. The lowest BCUT2D eigenvalue weighted by molar-refractivity contribution is -0.121. The molecule has 2 saturated heterocycles. The lowest BCUT2D eigenvalue weighted by Gasteiger charge is -2.17. The van der Waals surface area contributed by atoms with Gasteiger partial charge in [0.1, 0.15) is 0 Å². The standard InChI is InChI=1S/C14H24N4O2/c19-13(17-14(20)16-12-3-1-2-4-12)9-18-7-10-5-15-6-11(10)8-18/h10-12,15H,1-9H2,(H2,16,17,19,20)/t10-,11+. The average Bonchev–Trinajstić information content (AvgIpc) is 3.04. The fraction of sp³-hybridized carbons (Fsp3) is 0.857. The van der Waals surface area contributed by atoms with Crippen molar-refractivity contribution in [1.82, 2.24) is 20.9 Å². The van der Waals surface area contributed by atoms with Gasteiger partial charge in [-0.3, -0.25) is 15.0 Å². The number of fused-ring (bicyclic) bond motifs is 1. The van der Waals surface area contributed by atoms with Crippen LogP contribution in [0.5, 0.6) is 0 Å². The molecule has 0 radical (unpaired) electrons. The van der Waals surface area contributed by atoms with Crippen molar-refractivity contribution < 1.29 is 9.59 Å². The number of nitrogens with one attached hydrogen (secondary N) is 3. The molecule has 0 bridgehead atoms. The SMILES string of the molecule is O=C(CN1C[C@H]2CNC[C@H]2C1)NC(=O)NC1CCCC1. The smallest absolute Gasteiger partial charge is 0.321 e. The van der Waals surface area contributed by atoms with E-state index in [9.17, 15) is 9.59 Å². The second-order valence-corrected chi connectivity index (χ2v) is 6.38. The van der Waals surface area contributed by atoms with Crippen LogP contribution in [0.15, 0.2) is 0 Å². The average molecular weight is 280 g/mol. The molecule has 0 aromatic rings. The molecule has 2 aliphatic heterocycles. The number of amides is 3. The van der Waals surface area contributed by atoms with Crippen molar-refractivity contribution in [2.24, 2.45) is 11.8 Å². The second kappa shape index (κ2) is 6.10. The van der Waals surface area contributed by atoms with Crippen LogP contribution < -0.4 is 16.0 Å². The maximum atomic E-state index is 11.9. The first kappa shape index (κ1) is 13.8. The number of rotatable bonds is 3. The largest absolute Gasteiger partial charge is 0.335 e. The maximum Gasteiger partial charge on any atom is 0.321 e. The molecule has 6 heteroatoms. The van der Waals surface area contributed by atoms with Crippen molar-refractivity contribution in [3.05, 3.63) is 0 Å². The van der Waals surface area contributed by atoms with Crippen molar-refractivity contribution in [3.8, 4) is 0 Å². The minimum Gasteiger partial charge on any atom is -0.335 e. The Labute approximate surface area is 119 Å². The predicted molar refractivity (Wildman–Crippen MR) is 75.2 cm³/mol. The van der Waals surface area contributed by atoms with Gasteiger partial charge in [0.25, 0.3) is 0 Å². The van der Waals surface area contributed by atoms with Crippen LogP contribution in [0, 0.1) is 11.8 Å². The van der Waals surface area contributed by atoms with Gasteiger partial charge in [-0.15, -0.1) is 0 Å². The Bertz CT molecular complexity index is 369. The lowest BCUT2D eigenvalue weighted by atomic mass is 10.0. The van der Waals surface area contributed by atoms with Gasteiger partial charge in [0.2, 0.25) is 5.91 Å². The second-order valence-electron chi connectivity index (χ2n) is 6.38. The summed E-state index contributed by atoms with van der Waals surface area (Å²) < 4.78 is 0. The van der Waals surface area contributed by atoms with Gasteiger partial charge in [0.05, 0.1) is 6.54 Å². The lowest BCUT2D eigenvalue weighted by Crippen LogP contribution is -2.47. The molecule has 0 spiro atoms. The zero-order valence-corrected chi connectivity index (χ0v) is 11.9. The Kier molecular flexibility index (Phi) is 4.21. The number of nitrogens with zero attached hydrogens (tertiary/aromatic N) is 1. The summed E-state index contributed by atoms with van der Waals surface area (Å²) in [5.41, 5.74) is 0. The van der Waals surface area contributed by atoms with Crippen LogP contribution in [-0.2, 0) is 4.79 Å². The van der Waals surface area contributed by atoms with Crippen molar-refractivity contribution in [2.75, 3.05) is 32.7 Å². The third-order valence-corrected chi connectivity index (χ3v) is 4.78. The van der Waals surface area contributed by atoms with Crippen molar-refractivity contribution in [3.63, 3.8) is 0 Å². The number of carbonyl (C=O) groups is 2. The van der Waals surface area contributed by atoms with E-state index in [2.05, 4.69) is 20.9 Å². The van der Waals surface area contributed by atoms with Crippen LogP contribution in [0.25, 0.3) is 0 Å². The Morgan fingerprint density at radius 3 is 2.40 bits per heavy atom. The molecule has 0 aromatic heterocycles. The van der Waals surface area contributed by atoms with Crippen molar-refractivity contribution in [1.29, 1.82) is 0 Å². The topological polar surface area (TPSA) is 73.5 Å². The molecule has 0 aromatic carbocycles. The molecule has 1 saturated carbocycles. The van der Waals surface area contributed by atoms with E-state index in [1.165, 1.54) is 12.8 Å². The molecular weight excluding hydrogens is 256 g/mol. The predicted octanol–water partition coefficient (Wildman–Crippen LogP) is -0.0940. The summed E-state index contributed by atoms with van der Waals surface area (Å²) in [5.74, 6) is 1.17. The Morgan fingerprint density at radius 2 is 1.75 bits per heavy atom. The van der Waals surface area contributed by atoms with E-state index in [1.807, 2.05) is 0 Å². The van der Waals surface area contributed by atoms with E-state index in [0.29, 0.717) is 18.4 Å². The summed E-state index contributed by atoms with van der Waals surface area (Å²) >= 11 is 0. The number of hydrogen-bond donors (Lipinski definition) is 3. The fourth-order valence-corrected chi connectivity index (χ4v) is 3.74. The first-order valence-corrected chi connectivity index (χ1v) is 7.74. The Balaban J connectivity index is 1.37. The van der Waals surface area contributed by atoms with Gasteiger partial charge in [0.15, 0.2) is 0 Å². The van der Waals surface area contributed by atoms with Gasteiger partial charge in [-0.25, -0.2) is 4.79 Å². The van der Waals surface area contributed by atoms with Gasteiger partial charge in [-0.1, -0.05) is 12.8 Å².